The number of nitrogen functional groups attached to an aromatic ring is 1. The lowest BCUT2D eigenvalue weighted by Gasteiger charge is -2.13. The maximum absolute atomic E-state index is 12.0. The van der Waals surface area contributed by atoms with Crippen molar-refractivity contribution in [1.29, 1.82) is 5.26 Å². The largest absolute Gasteiger partial charge is 0.397 e. The molecule has 0 bridgehead atoms. The second kappa shape index (κ2) is 6.64. The molecule has 2 aromatic carbocycles. The number of nitrogens with one attached hydrogen (secondary N) is 2. The van der Waals surface area contributed by atoms with Crippen molar-refractivity contribution in [1.82, 2.24) is 5.32 Å². The first kappa shape index (κ1) is 15.4. The van der Waals surface area contributed by atoms with Gasteiger partial charge in [-0.2, -0.15) is 5.26 Å². The van der Waals surface area contributed by atoms with E-state index in [1.807, 2.05) is 38.1 Å². The Kier molecular flexibility index (Phi) is 4.64. The zero-order chi connectivity index (χ0) is 16.1. The first-order valence-corrected chi connectivity index (χ1v) is 6.91. The van der Waals surface area contributed by atoms with Crippen molar-refractivity contribution in [2.45, 2.75) is 20.4 Å². The first-order valence-electron chi connectivity index (χ1n) is 6.91. The number of anilines is 2. The number of rotatable bonds is 3. The van der Waals surface area contributed by atoms with Crippen LogP contribution in [0.1, 0.15) is 22.3 Å². The van der Waals surface area contributed by atoms with Crippen molar-refractivity contribution in [3.05, 3.63) is 58.7 Å². The van der Waals surface area contributed by atoms with Gasteiger partial charge < -0.3 is 16.4 Å². The third-order valence-corrected chi connectivity index (χ3v) is 3.50. The molecular formula is C17H18N4O. The fourth-order valence-corrected chi connectivity index (χ4v) is 2.20. The number of benzene rings is 2. The Morgan fingerprint density at radius 1 is 1.23 bits per heavy atom. The van der Waals surface area contributed by atoms with Crippen LogP contribution in [0.3, 0.4) is 0 Å². The molecule has 5 nitrogen and oxygen atoms in total. The highest BCUT2D eigenvalue weighted by atomic mass is 16.2. The van der Waals surface area contributed by atoms with Crippen molar-refractivity contribution in [2.75, 3.05) is 11.1 Å². The van der Waals surface area contributed by atoms with Crippen LogP contribution in [0.15, 0.2) is 36.4 Å². The van der Waals surface area contributed by atoms with Gasteiger partial charge in [0.15, 0.2) is 0 Å². The predicted molar refractivity (Wildman–Crippen MR) is 87.3 cm³/mol. The smallest absolute Gasteiger partial charge is 0.319 e. The fraction of sp³-hybridized carbons (Fsp3) is 0.176. The third-order valence-electron chi connectivity index (χ3n) is 3.50. The molecule has 2 aromatic rings. The number of nitriles is 1. The number of amides is 2. The lowest BCUT2D eigenvalue weighted by atomic mass is 10.0. The van der Waals surface area contributed by atoms with E-state index in [-0.39, 0.29) is 6.03 Å². The van der Waals surface area contributed by atoms with Gasteiger partial charge >= 0.3 is 6.03 Å². The van der Waals surface area contributed by atoms with Gasteiger partial charge in [-0.1, -0.05) is 18.2 Å². The van der Waals surface area contributed by atoms with Crippen LogP contribution in [-0.4, -0.2) is 6.03 Å². The molecule has 2 amide bonds. The van der Waals surface area contributed by atoms with Crippen LogP contribution in [0.25, 0.3) is 0 Å². The van der Waals surface area contributed by atoms with Gasteiger partial charge in [0.1, 0.15) is 0 Å². The molecular weight excluding hydrogens is 276 g/mol. The number of urea groups is 1. The molecule has 0 fully saturated rings. The van der Waals surface area contributed by atoms with Crippen LogP contribution in [-0.2, 0) is 6.54 Å². The molecule has 0 aromatic heterocycles. The van der Waals surface area contributed by atoms with Crippen LogP contribution in [0, 0.1) is 25.2 Å². The van der Waals surface area contributed by atoms with Crippen molar-refractivity contribution in [3.8, 4) is 6.07 Å². The van der Waals surface area contributed by atoms with E-state index in [0.717, 1.165) is 16.7 Å². The van der Waals surface area contributed by atoms with Gasteiger partial charge in [0.05, 0.1) is 23.0 Å². The fourth-order valence-electron chi connectivity index (χ4n) is 2.20. The van der Waals surface area contributed by atoms with Gasteiger partial charge in [-0.05, 0) is 48.7 Å². The molecule has 5 heteroatoms. The van der Waals surface area contributed by atoms with Crippen LogP contribution in [0.4, 0.5) is 16.2 Å². The lowest BCUT2D eigenvalue weighted by Crippen LogP contribution is -2.29. The van der Waals surface area contributed by atoms with Gasteiger partial charge in [-0.25, -0.2) is 4.79 Å². The van der Waals surface area contributed by atoms with Gasteiger partial charge in [0.2, 0.25) is 0 Å². The zero-order valence-electron chi connectivity index (χ0n) is 12.6. The molecule has 0 saturated carbocycles. The topological polar surface area (TPSA) is 90.9 Å². The van der Waals surface area contributed by atoms with E-state index in [9.17, 15) is 4.79 Å². The summed E-state index contributed by atoms with van der Waals surface area (Å²) >= 11 is 0. The SMILES string of the molecule is Cc1cccc(C)c1CNC(=O)Nc1cc(C#N)ccc1N. The summed E-state index contributed by atoms with van der Waals surface area (Å²) in [7, 11) is 0. The number of aryl methyl sites for hydroxylation is 2. The molecule has 112 valence electrons. The Morgan fingerprint density at radius 3 is 2.55 bits per heavy atom. The number of hydrogen-bond acceptors (Lipinski definition) is 3. The number of nitrogens with zero attached hydrogens (tertiary/aromatic N) is 1. The minimum absolute atomic E-state index is 0.357. The van der Waals surface area contributed by atoms with E-state index in [2.05, 4.69) is 10.6 Å². The molecule has 0 spiro atoms. The molecule has 2 rings (SSSR count). The molecule has 0 unspecified atom stereocenters. The summed E-state index contributed by atoms with van der Waals surface area (Å²) in [6.45, 7) is 4.45. The Hall–Kier alpha value is -3.00. The summed E-state index contributed by atoms with van der Waals surface area (Å²) in [6.07, 6.45) is 0. The zero-order valence-corrected chi connectivity index (χ0v) is 12.6. The molecule has 0 aliphatic carbocycles. The minimum atomic E-state index is -0.357. The highest BCUT2D eigenvalue weighted by Crippen LogP contribution is 2.19. The van der Waals surface area contributed by atoms with E-state index < -0.39 is 0 Å². The number of carbonyl (C=O) groups is 1. The summed E-state index contributed by atoms with van der Waals surface area (Å²) in [5.74, 6) is 0. The Bertz CT molecular complexity index is 727. The van der Waals surface area contributed by atoms with Crippen molar-refractivity contribution < 1.29 is 4.79 Å². The molecule has 0 atom stereocenters. The Labute approximate surface area is 129 Å². The highest BCUT2D eigenvalue weighted by molar-refractivity contribution is 5.92. The van der Waals surface area contributed by atoms with Crippen molar-refractivity contribution in [2.24, 2.45) is 0 Å². The lowest BCUT2D eigenvalue weighted by molar-refractivity contribution is 0.251. The summed E-state index contributed by atoms with van der Waals surface area (Å²) in [4.78, 5) is 12.0. The molecule has 4 N–H and O–H groups in total. The van der Waals surface area contributed by atoms with Crippen molar-refractivity contribution >= 4 is 17.4 Å². The highest BCUT2D eigenvalue weighted by Gasteiger charge is 2.08. The van der Waals surface area contributed by atoms with Gasteiger partial charge in [0, 0.05) is 6.54 Å². The number of hydrogen-bond donors (Lipinski definition) is 3. The van der Waals surface area contributed by atoms with Crippen LogP contribution in [0.2, 0.25) is 0 Å². The first-order chi connectivity index (χ1) is 10.5. The van der Waals surface area contributed by atoms with Gasteiger partial charge in [0.25, 0.3) is 0 Å². The summed E-state index contributed by atoms with van der Waals surface area (Å²) in [6, 6.07) is 12.4. The molecule has 0 saturated heterocycles. The summed E-state index contributed by atoms with van der Waals surface area (Å²) < 4.78 is 0. The average molecular weight is 294 g/mol. The Morgan fingerprint density at radius 2 is 1.91 bits per heavy atom. The second-order valence-electron chi connectivity index (χ2n) is 5.09. The van der Waals surface area contributed by atoms with Crippen molar-refractivity contribution in [3.63, 3.8) is 0 Å². The van der Waals surface area contributed by atoms with Crippen LogP contribution >= 0.6 is 0 Å². The monoisotopic (exact) mass is 294 g/mol. The number of nitrogens with two attached hydrogens (primary N) is 1. The van der Waals surface area contributed by atoms with Crippen LogP contribution < -0.4 is 16.4 Å². The Balaban J connectivity index is 2.04. The third kappa shape index (κ3) is 3.55. The van der Waals surface area contributed by atoms with E-state index in [1.54, 1.807) is 18.2 Å². The maximum atomic E-state index is 12.0. The summed E-state index contributed by atoms with van der Waals surface area (Å²) in [5.41, 5.74) is 10.4. The van der Waals surface area contributed by atoms with E-state index in [1.165, 1.54) is 0 Å². The molecule has 0 aliphatic heterocycles. The molecule has 0 aliphatic rings. The number of carbonyl (C=O) groups excluding carboxylic acids is 1. The molecule has 0 heterocycles. The minimum Gasteiger partial charge on any atom is -0.397 e. The maximum Gasteiger partial charge on any atom is 0.319 e. The average Bonchev–Trinajstić information content (AvgIpc) is 2.49. The van der Waals surface area contributed by atoms with Gasteiger partial charge in [-0.15, -0.1) is 0 Å². The van der Waals surface area contributed by atoms with Gasteiger partial charge in [-0.3, -0.25) is 0 Å². The second-order valence-corrected chi connectivity index (χ2v) is 5.09. The van der Waals surface area contributed by atoms with E-state index in [4.69, 9.17) is 11.0 Å². The van der Waals surface area contributed by atoms with E-state index in [0.29, 0.717) is 23.5 Å². The van der Waals surface area contributed by atoms with E-state index >= 15 is 0 Å². The summed E-state index contributed by atoms with van der Waals surface area (Å²) in [5, 5.41) is 14.4. The quantitative estimate of drug-likeness (QED) is 0.760. The van der Waals surface area contributed by atoms with Crippen LogP contribution in [0.5, 0.6) is 0 Å². The standard InChI is InChI=1S/C17H18N4O/c1-11-4-3-5-12(2)14(11)10-20-17(22)21-16-8-13(9-18)6-7-15(16)19/h3-8H,10,19H2,1-2H3,(H2,20,21,22). The predicted octanol–water partition coefficient (Wildman–Crippen LogP) is 3.08. The molecule has 22 heavy (non-hydrogen) atoms. The molecule has 0 radical (unpaired) electrons. The normalized spacial score (nSPS) is 9.86.